The van der Waals surface area contributed by atoms with E-state index in [4.69, 9.17) is 0 Å². The molecule has 4 rings (SSSR count). The van der Waals surface area contributed by atoms with Gasteiger partial charge in [-0.25, -0.2) is 0 Å². The second-order valence-electron chi connectivity index (χ2n) is 6.10. The molecular weight excluding hydrogens is 320 g/mol. The molecule has 1 fully saturated rings. The zero-order valence-corrected chi connectivity index (χ0v) is 13.1. The third-order valence-electron chi connectivity index (χ3n) is 4.65. The van der Waals surface area contributed by atoms with Crippen LogP contribution < -0.4 is 5.32 Å². The molecule has 6 nitrogen and oxygen atoms in total. The molecule has 0 bridgehead atoms. The number of benzene rings is 2. The first-order valence-corrected chi connectivity index (χ1v) is 7.93. The van der Waals surface area contributed by atoms with Crippen LogP contribution in [0.15, 0.2) is 54.6 Å². The van der Waals surface area contributed by atoms with Crippen molar-refractivity contribution >= 4 is 23.6 Å². The normalized spacial score (nSPS) is 22.8. The lowest BCUT2D eigenvalue weighted by Crippen LogP contribution is -2.57. The number of amides is 4. The highest BCUT2D eigenvalue weighted by Crippen LogP contribution is 2.34. The molecule has 0 saturated carbocycles. The van der Waals surface area contributed by atoms with Gasteiger partial charge in [0.15, 0.2) is 0 Å². The number of imide groups is 2. The molecule has 0 aromatic heterocycles. The minimum atomic E-state index is -1.05. The Labute approximate surface area is 143 Å². The van der Waals surface area contributed by atoms with Crippen molar-refractivity contribution in [1.29, 1.82) is 0 Å². The fraction of sp³-hybridized carbons (Fsp3) is 0.158. The molecule has 2 atom stereocenters. The van der Waals surface area contributed by atoms with Gasteiger partial charge in [-0.2, -0.15) is 0 Å². The molecule has 2 aromatic rings. The first-order chi connectivity index (χ1) is 12.1. The number of piperidine rings is 1. The summed E-state index contributed by atoms with van der Waals surface area (Å²) in [6.07, 6.45) is 0.0355. The minimum absolute atomic E-state index is 0.0355. The number of rotatable bonds is 2. The Morgan fingerprint density at radius 1 is 0.800 bits per heavy atom. The van der Waals surface area contributed by atoms with Gasteiger partial charge in [0.1, 0.15) is 6.04 Å². The van der Waals surface area contributed by atoms with Gasteiger partial charge in [-0.1, -0.05) is 42.5 Å². The second kappa shape index (κ2) is 5.66. The average molecular weight is 334 g/mol. The molecular formula is C19H14N2O4. The number of fused-ring (bicyclic) bond motifs is 1. The standard InChI is InChI=1S/C19H14N2O4/c22-15-10-14(11-6-2-1-3-7-11)16(17(23)20-15)21-18(24)12-8-4-5-9-13(12)19(21)25/h1-9,14,16H,10H2,(H,20,22,23)/t14-,16-/m0/s1. The molecule has 0 spiro atoms. The summed E-state index contributed by atoms with van der Waals surface area (Å²) >= 11 is 0. The molecule has 0 unspecified atom stereocenters. The Bertz CT molecular complexity index is 872. The van der Waals surface area contributed by atoms with Crippen LogP contribution >= 0.6 is 0 Å². The molecule has 0 aliphatic carbocycles. The maximum atomic E-state index is 12.8. The van der Waals surface area contributed by atoms with Gasteiger partial charge < -0.3 is 0 Å². The molecule has 1 saturated heterocycles. The van der Waals surface area contributed by atoms with Crippen LogP contribution in [-0.2, 0) is 9.59 Å². The van der Waals surface area contributed by atoms with Gasteiger partial charge in [-0.15, -0.1) is 0 Å². The van der Waals surface area contributed by atoms with Gasteiger partial charge in [-0.05, 0) is 17.7 Å². The van der Waals surface area contributed by atoms with E-state index in [-0.39, 0.29) is 17.5 Å². The molecule has 2 aromatic carbocycles. The van der Waals surface area contributed by atoms with Crippen molar-refractivity contribution in [2.24, 2.45) is 0 Å². The summed E-state index contributed by atoms with van der Waals surface area (Å²) in [5.74, 6) is -2.61. The summed E-state index contributed by atoms with van der Waals surface area (Å²) in [5, 5.41) is 2.25. The number of carbonyl (C=O) groups excluding carboxylic acids is 4. The minimum Gasteiger partial charge on any atom is -0.295 e. The fourth-order valence-corrected chi connectivity index (χ4v) is 3.51. The Hall–Kier alpha value is -3.28. The first kappa shape index (κ1) is 15.3. The Morgan fingerprint density at radius 3 is 1.96 bits per heavy atom. The van der Waals surface area contributed by atoms with E-state index in [2.05, 4.69) is 5.32 Å². The van der Waals surface area contributed by atoms with Crippen molar-refractivity contribution in [3.63, 3.8) is 0 Å². The van der Waals surface area contributed by atoms with Crippen LogP contribution in [0.3, 0.4) is 0 Å². The SMILES string of the molecule is O=C1C[C@@H](c2ccccc2)[C@H](N2C(=O)c3ccccc3C2=O)C(=O)N1. The van der Waals surface area contributed by atoms with Crippen molar-refractivity contribution in [2.45, 2.75) is 18.4 Å². The predicted molar refractivity (Wildman–Crippen MR) is 87.7 cm³/mol. The van der Waals surface area contributed by atoms with E-state index in [0.717, 1.165) is 10.5 Å². The van der Waals surface area contributed by atoms with E-state index in [1.165, 1.54) is 0 Å². The van der Waals surface area contributed by atoms with Gasteiger partial charge in [0, 0.05) is 12.3 Å². The van der Waals surface area contributed by atoms with Crippen LogP contribution in [0.2, 0.25) is 0 Å². The van der Waals surface area contributed by atoms with Gasteiger partial charge in [0.25, 0.3) is 17.7 Å². The van der Waals surface area contributed by atoms with E-state index in [9.17, 15) is 19.2 Å². The van der Waals surface area contributed by atoms with Crippen LogP contribution in [0.25, 0.3) is 0 Å². The van der Waals surface area contributed by atoms with Crippen molar-refractivity contribution < 1.29 is 19.2 Å². The lowest BCUT2D eigenvalue weighted by molar-refractivity contribution is -0.137. The number of hydrogen-bond acceptors (Lipinski definition) is 4. The lowest BCUT2D eigenvalue weighted by atomic mass is 9.84. The van der Waals surface area contributed by atoms with E-state index >= 15 is 0 Å². The number of carbonyl (C=O) groups is 4. The monoisotopic (exact) mass is 334 g/mol. The summed E-state index contributed by atoms with van der Waals surface area (Å²) in [7, 11) is 0. The second-order valence-corrected chi connectivity index (χ2v) is 6.10. The molecule has 2 aliphatic rings. The van der Waals surface area contributed by atoms with Crippen LogP contribution in [0.5, 0.6) is 0 Å². The maximum Gasteiger partial charge on any atom is 0.262 e. The Kier molecular flexibility index (Phi) is 3.46. The largest absolute Gasteiger partial charge is 0.295 e. The number of nitrogens with one attached hydrogen (secondary N) is 1. The van der Waals surface area contributed by atoms with Crippen LogP contribution in [0.4, 0.5) is 0 Å². The summed E-state index contributed by atoms with van der Waals surface area (Å²) < 4.78 is 0. The van der Waals surface area contributed by atoms with Crippen LogP contribution in [0, 0.1) is 0 Å². The van der Waals surface area contributed by atoms with Crippen LogP contribution in [-0.4, -0.2) is 34.6 Å². The van der Waals surface area contributed by atoms with Crippen LogP contribution in [0.1, 0.15) is 38.6 Å². The van der Waals surface area contributed by atoms with Gasteiger partial charge in [0.05, 0.1) is 11.1 Å². The number of nitrogens with zero attached hydrogens (tertiary/aromatic N) is 1. The predicted octanol–water partition coefficient (Wildman–Crippen LogP) is 1.48. The third kappa shape index (κ3) is 2.34. The smallest absolute Gasteiger partial charge is 0.262 e. The highest BCUT2D eigenvalue weighted by Gasteiger charge is 2.49. The molecule has 124 valence electrons. The van der Waals surface area contributed by atoms with Crippen molar-refractivity contribution in [3.8, 4) is 0 Å². The third-order valence-corrected chi connectivity index (χ3v) is 4.65. The summed E-state index contributed by atoms with van der Waals surface area (Å²) in [4.78, 5) is 50.9. The molecule has 2 aliphatic heterocycles. The van der Waals surface area contributed by atoms with E-state index in [1.807, 2.05) is 6.07 Å². The van der Waals surface area contributed by atoms with Crippen molar-refractivity contribution in [3.05, 3.63) is 71.3 Å². The summed E-state index contributed by atoms with van der Waals surface area (Å²) in [5.41, 5.74) is 1.31. The highest BCUT2D eigenvalue weighted by molar-refractivity contribution is 6.23. The number of hydrogen-bond donors (Lipinski definition) is 1. The highest BCUT2D eigenvalue weighted by atomic mass is 16.2. The molecule has 2 heterocycles. The zero-order chi connectivity index (χ0) is 17.6. The molecule has 0 radical (unpaired) electrons. The van der Waals surface area contributed by atoms with Crippen molar-refractivity contribution in [2.75, 3.05) is 0 Å². The fourth-order valence-electron chi connectivity index (χ4n) is 3.51. The zero-order valence-electron chi connectivity index (χ0n) is 13.1. The van der Waals surface area contributed by atoms with E-state index in [0.29, 0.717) is 0 Å². The Morgan fingerprint density at radius 2 is 1.36 bits per heavy atom. The van der Waals surface area contributed by atoms with E-state index in [1.54, 1.807) is 48.5 Å². The quantitative estimate of drug-likeness (QED) is 0.843. The maximum absolute atomic E-state index is 12.8. The summed E-state index contributed by atoms with van der Waals surface area (Å²) in [6, 6.07) is 14.4. The van der Waals surface area contributed by atoms with Gasteiger partial charge in [0.2, 0.25) is 5.91 Å². The lowest BCUT2D eigenvalue weighted by Gasteiger charge is -2.35. The molecule has 6 heteroatoms. The Balaban J connectivity index is 1.79. The topological polar surface area (TPSA) is 83.6 Å². The van der Waals surface area contributed by atoms with Gasteiger partial charge >= 0.3 is 0 Å². The molecule has 1 N–H and O–H groups in total. The van der Waals surface area contributed by atoms with Gasteiger partial charge in [-0.3, -0.25) is 29.4 Å². The molecule has 25 heavy (non-hydrogen) atoms. The average Bonchev–Trinajstić information content (AvgIpc) is 2.87. The first-order valence-electron chi connectivity index (χ1n) is 7.93. The van der Waals surface area contributed by atoms with E-state index < -0.39 is 35.6 Å². The molecule has 4 amide bonds. The summed E-state index contributed by atoms with van der Waals surface area (Å²) in [6.45, 7) is 0. The van der Waals surface area contributed by atoms with Crippen molar-refractivity contribution in [1.82, 2.24) is 10.2 Å².